The predicted molar refractivity (Wildman–Crippen MR) is 95.5 cm³/mol. The third-order valence-corrected chi connectivity index (χ3v) is 4.64. The second-order valence-electron chi connectivity index (χ2n) is 7.45. The number of cyclic esters (lactones) is 1. The molecule has 0 aliphatic carbocycles. The first kappa shape index (κ1) is 20.7. The highest BCUT2D eigenvalue weighted by Crippen LogP contribution is 2.35. The molecule has 0 saturated carbocycles. The van der Waals surface area contributed by atoms with Gasteiger partial charge in [-0.1, -0.05) is 52.7 Å². The Bertz CT molecular complexity index is 425. The minimum absolute atomic E-state index is 0.0465. The zero-order valence-electron chi connectivity index (χ0n) is 15.8. The van der Waals surface area contributed by atoms with Crippen molar-refractivity contribution in [3.05, 3.63) is 12.2 Å². The Morgan fingerprint density at radius 2 is 1.96 bits per heavy atom. The van der Waals surface area contributed by atoms with E-state index in [0.717, 1.165) is 38.5 Å². The molecule has 0 aromatic carbocycles. The van der Waals surface area contributed by atoms with E-state index in [9.17, 15) is 9.59 Å². The summed E-state index contributed by atoms with van der Waals surface area (Å²) in [5.41, 5.74) is -0.262. The van der Waals surface area contributed by atoms with Gasteiger partial charge in [-0.25, -0.2) is 0 Å². The van der Waals surface area contributed by atoms with Gasteiger partial charge in [0.1, 0.15) is 12.7 Å². The molecule has 2 atom stereocenters. The van der Waals surface area contributed by atoms with Crippen molar-refractivity contribution in [2.75, 3.05) is 6.61 Å². The smallest absolute Gasteiger partial charge is 0.309 e. The Morgan fingerprint density at radius 3 is 2.54 bits per heavy atom. The zero-order valence-corrected chi connectivity index (χ0v) is 15.8. The molecule has 0 aromatic rings. The van der Waals surface area contributed by atoms with Crippen molar-refractivity contribution in [2.24, 2.45) is 11.3 Å². The summed E-state index contributed by atoms with van der Waals surface area (Å²) in [6, 6.07) is 0. The lowest BCUT2D eigenvalue weighted by Crippen LogP contribution is -2.32. The van der Waals surface area contributed by atoms with E-state index in [4.69, 9.17) is 9.47 Å². The van der Waals surface area contributed by atoms with E-state index < -0.39 is 0 Å². The monoisotopic (exact) mass is 338 g/mol. The summed E-state index contributed by atoms with van der Waals surface area (Å²) in [5, 5.41) is 0. The molecule has 1 saturated heterocycles. The molecule has 0 amide bonds. The van der Waals surface area contributed by atoms with E-state index in [1.807, 2.05) is 13.8 Å². The van der Waals surface area contributed by atoms with Crippen LogP contribution in [0.1, 0.15) is 79.1 Å². The molecule has 24 heavy (non-hydrogen) atoms. The summed E-state index contributed by atoms with van der Waals surface area (Å²) in [4.78, 5) is 23.8. The fraction of sp³-hybridized carbons (Fsp3) is 0.800. The summed E-state index contributed by atoms with van der Waals surface area (Å²) >= 11 is 0. The number of unbranched alkanes of at least 4 members (excludes halogenated alkanes) is 2. The van der Waals surface area contributed by atoms with E-state index in [1.165, 1.54) is 6.42 Å². The van der Waals surface area contributed by atoms with Crippen LogP contribution in [0.2, 0.25) is 0 Å². The maximum Gasteiger partial charge on any atom is 0.309 e. The first-order chi connectivity index (χ1) is 11.4. The van der Waals surface area contributed by atoms with Crippen molar-refractivity contribution in [3.8, 4) is 0 Å². The van der Waals surface area contributed by atoms with Crippen LogP contribution in [0.5, 0.6) is 0 Å². The minimum Gasteiger partial charge on any atom is -0.462 e. The van der Waals surface area contributed by atoms with Gasteiger partial charge in [-0.15, -0.1) is 0 Å². The number of carbonyl (C=O) groups is 2. The zero-order chi connectivity index (χ0) is 18.0. The Hall–Kier alpha value is -1.32. The van der Waals surface area contributed by atoms with Gasteiger partial charge in [-0.2, -0.15) is 0 Å². The number of rotatable bonds is 11. The summed E-state index contributed by atoms with van der Waals surface area (Å²) in [7, 11) is 0. The van der Waals surface area contributed by atoms with Crippen molar-refractivity contribution in [3.63, 3.8) is 0 Å². The molecule has 0 bridgehead atoms. The fourth-order valence-corrected chi connectivity index (χ4v) is 2.99. The molecule has 0 spiro atoms. The van der Waals surface area contributed by atoms with Crippen molar-refractivity contribution in [1.82, 2.24) is 0 Å². The molecule has 2 unspecified atom stereocenters. The van der Waals surface area contributed by atoms with Crippen molar-refractivity contribution >= 4 is 11.9 Å². The third-order valence-electron chi connectivity index (χ3n) is 4.64. The Balaban J connectivity index is 2.38. The molecular formula is C20H34O4. The number of hydrogen-bond donors (Lipinski definition) is 0. The van der Waals surface area contributed by atoms with Gasteiger partial charge in [0.05, 0.1) is 12.3 Å². The number of allylic oxidation sites excluding steroid dienone is 2. The van der Waals surface area contributed by atoms with Gasteiger partial charge in [-0.05, 0) is 32.1 Å². The lowest BCUT2D eigenvalue weighted by Gasteiger charge is -2.24. The maximum absolute atomic E-state index is 12.4. The maximum atomic E-state index is 12.4. The van der Waals surface area contributed by atoms with E-state index >= 15 is 0 Å². The van der Waals surface area contributed by atoms with Crippen molar-refractivity contribution < 1.29 is 19.1 Å². The van der Waals surface area contributed by atoms with Gasteiger partial charge in [-0.3, -0.25) is 9.59 Å². The molecule has 1 fully saturated rings. The van der Waals surface area contributed by atoms with Crippen LogP contribution < -0.4 is 0 Å². The average molecular weight is 338 g/mol. The normalized spacial score (nSPS) is 21.0. The second-order valence-corrected chi connectivity index (χ2v) is 7.45. The van der Waals surface area contributed by atoms with Crippen LogP contribution in [-0.4, -0.2) is 24.6 Å². The highest BCUT2D eigenvalue weighted by molar-refractivity contribution is 5.74. The van der Waals surface area contributed by atoms with Crippen LogP contribution in [-0.2, 0) is 19.1 Å². The number of hydrogen-bond acceptors (Lipinski definition) is 4. The molecule has 1 heterocycles. The van der Waals surface area contributed by atoms with Crippen LogP contribution in [0.25, 0.3) is 0 Å². The molecule has 0 N–H and O–H groups in total. The number of ether oxygens (including phenoxy) is 2. The largest absolute Gasteiger partial charge is 0.462 e. The first-order valence-electron chi connectivity index (χ1n) is 9.41. The van der Waals surface area contributed by atoms with Crippen molar-refractivity contribution in [1.29, 1.82) is 0 Å². The van der Waals surface area contributed by atoms with Gasteiger partial charge in [0, 0.05) is 5.41 Å². The molecule has 4 nitrogen and oxygen atoms in total. The predicted octanol–water partition coefficient (Wildman–Crippen LogP) is 4.81. The number of esters is 2. The fourth-order valence-electron chi connectivity index (χ4n) is 2.99. The van der Waals surface area contributed by atoms with E-state index in [0.29, 0.717) is 6.42 Å². The minimum atomic E-state index is -0.326. The Labute approximate surface area is 147 Å². The van der Waals surface area contributed by atoms with Gasteiger partial charge in [0.2, 0.25) is 0 Å². The molecule has 1 rings (SSSR count). The van der Waals surface area contributed by atoms with Crippen LogP contribution in [0, 0.1) is 11.3 Å². The van der Waals surface area contributed by atoms with Crippen LogP contribution in [0.15, 0.2) is 12.2 Å². The highest BCUT2D eigenvalue weighted by Gasteiger charge is 2.42. The van der Waals surface area contributed by atoms with Gasteiger partial charge < -0.3 is 9.47 Å². The summed E-state index contributed by atoms with van der Waals surface area (Å²) in [5.74, 6) is -0.395. The van der Waals surface area contributed by atoms with Crippen LogP contribution >= 0.6 is 0 Å². The molecular weight excluding hydrogens is 304 g/mol. The lowest BCUT2D eigenvalue weighted by atomic mass is 9.86. The van der Waals surface area contributed by atoms with Crippen LogP contribution in [0.4, 0.5) is 0 Å². The summed E-state index contributed by atoms with van der Waals surface area (Å²) < 4.78 is 10.8. The van der Waals surface area contributed by atoms with E-state index in [1.54, 1.807) is 0 Å². The van der Waals surface area contributed by atoms with Crippen molar-refractivity contribution in [2.45, 2.75) is 85.2 Å². The SMILES string of the molecule is CCC/C=C/CCCC(CCC)C(=O)OCC1OC(=O)CC1(C)C. The highest BCUT2D eigenvalue weighted by atomic mass is 16.6. The molecule has 4 heteroatoms. The third kappa shape index (κ3) is 7.06. The molecule has 1 aliphatic rings. The summed E-state index contributed by atoms with van der Waals surface area (Å²) in [6.45, 7) is 8.38. The molecule has 138 valence electrons. The Kier molecular flexibility index (Phi) is 9.09. The lowest BCUT2D eigenvalue weighted by molar-refractivity contribution is -0.158. The van der Waals surface area contributed by atoms with Gasteiger partial charge in [0.15, 0.2) is 0 Å². The molecule has 0 aromatic heterocycles. The molecule has 0 radical (unpaired) electrons. The Morgan fingerprint density at radius 1 is 1.25 bits per heavy atom. The number of carbonyl (C=O) groups excluding carboxylic acids is 2. The van der Waals surface area contributed by atoms with Gasteiger partial charge in [0.25, 0.3) is 0 Å². The standard InChI is InChI=1S/C20H34O4/c1-5-7-8-9-10-11-13-16(12-6-2)19(22)23-15-17-20(3,4)14-18(21)24-17/h8-9,16-17H,5-7,10-15H2,1-4H3/b9-8+. The topological polar surface area (TPSA) is 52.6 Å². The van der Waals surface area contributed by atoms with Crippen LogP contribution in [0.3, 0.4) is 0 Å². The van der Waals surface area contributed by atoms with Gasteiger partial charge >= 0.3 is 11.9 Å². The first-order valence-corrected chi connectivity index (χ1v) is 9.41. The average Bonchev–Trinajstić information content (AvgIpc) is 2.79. The molecule has 1 aliphatic heterocycles. The second kappa shape index (κ2) is 10.5. The van der Waals surface area contributed by atoms with E-state index in [-0.39, 0.29) is 36.0 Å². The quantitative estimate of drug-likeness (QED) is 0.308. The van der Waals surface area contributed by atoms with E-state index in [2.05, 4.69) is 26.0 Å². The summed E-state index contributed by atoms with van der Waals surface area (Å²) in [6.07, 6.45) is 11.5.